The van der Waals surface area contributed by atoms with Crippen molar-refractivity contribution in [2.75, 3.05) is 36.5 Å². The number of nitrogens with one attached hydrogen (secondary N) is 2. The zero-order valence-electron chi connectivity index (χ0n) is 19.3. The molecule has 2 fully saturated rings. The van der Waals surface area contributed by atoms with Crippen LogP contribution in [0.2, 0.25) is 0 Å². The molecule has 172 valence electrons. The normalized spacial score (nSPS) is 19.8. The summed E-state index contributed by atoms with van der Waals surface area (Å²) in [5.74, 6) is -0.0314. The predicted molar refractivity (Wildman–Crippen MR) is 126 cm³/mol. The second-order valence-corrected chi connectivity index (χ2v) is 8.86. The molecule has 1 aromatic carbocycles. The van der Waals surface area contributed by atoms with Gasteiger partial charge >= 0.3 is 0 Å². The van der Waals surface area contributed by atoms with Gasteiger partial charge in [0, 0.05) is 43.5 Å². The van der Waals surface area contributed by atoms with Crippen LogP contribution in [-0.4, -0.2) is 44.2 Å². The lowest BCUT2D eigenvalue weighted by molar-refractivity contribution is -0.120. The molecule has 1 aromatic rings. The number of unbranched alkanes of at least 4 members (excludes halogenated alkanes) is 1. The molecule has 31 heavy (non-hydrogen) atoms. The van der Waals surface area contributed by atoms with E-state index in [1.807, 2.05) is 18.2 Å². The van der Waals surface area contributed by atoms with Crippen molar-refractivity contribution in [2.45, 2.75) is 77.7 Å². The number of carbonyl (C=O) groups is 2. The van der Waals surface area contributed by atoms with Gasteiger partial charge in [0.1, 0.15) is 0 Å². The Hall–Kier alpha value is -2.08. The molecular weight excluding hydrogens is 390 g/mol. The van der Waals surface area contributed by atoms with Gasteiger partial charge in [-0.3, -0.25) is 9.59 Å². The molecule has 2 amide bonds. The highest BCUT2D eigenvalue weighted by Gasteiger charge is 2.23. The Morgan fingerprint density at radius 1 is 1.16 bits per heavy atom. The zero-order valence-corrected chi connectivity index (χ0v) is 19.3. The lowest BCUT2D eigenvalue weighted by Gasteiger charge is -2.30. The van der Waals surface area contributed by atoms with E-state index in [0.29, 0.717) is 17.8 Å². The van der Waals surface area contributed by atoms with Crippen LogP contribution in [0.25, 0.3) is 0 Å². The second kappa shape index (κ2) is 12.1. The summed E-state index contributed by atoms with van der Waals surface area (Å²) < 4.78 is 5.65. The highest BCUT2D eigenvalue weighted by atomic mass is 16.5. The first-order valence-electron chi connectivity index (χ1n) is 12.2. The number of ether oxygens (including phenoxy) is 1. The molecule has 6 heteroatoms. The van der Waals surface area contributed by atoms with Gasteiger partial charge in [-0.15, -0.1) is 0 Å². The Bertz CT molecular complexity index is 725. The number of hydrogen-bond acceptors (Lipinski definition) is 4. The van der Waals surface area contributed by atoms with Crippen molar-refractivity contribution < 1.29 is 14.3 Å². The Morgan fingerprint density at radius 2 is 1.97 bits per heavy atom. The van der Waals surface area contributed by atoms with Crippen molar-refractivity contribution in [3.05, 3.63) is 23.8 Å². The largest absolute Gasteiger partial charge is 0.376 e. The van der Waals surface area contributed by atoms with Gasteiger partial charge in [0.15, 0.2) is 0 Å². The van der Waals surface area contributed by atoms with Gasteiger partial charge in [0.2, 0.25) is 5.91 Å². The molecule has 2 heterocycles. The Balaban J connectivity index is 1.75. The first-order valence-corrected chi connectivity index (χ1v) is 12.2. The summed E-state index contributed by atoms with van der Waals surface area (Å²) in [6.45, 7) is 7.44. The van der Waals surface area contributed by atoms with Crippen molar-refractivity contribution in [1.29, 1.82) is 0 Å². The minimum Gasteiger partial charge on any atom is -0.376 e. The summed E-state index contributed by atoms with van der Waals surface area (Å²) in [5.41, 5.74) is 2.29. The third-order valence-electron chi connectivity index (χ3n) is 6.49. The second-order valence-electron chi connectivity index (χ2n) is 8.86. The highest BCUT2D eigenvalue weighted by Crippen LogP contribution is 2.28. The molecule has 0 unspecified atom stereocenters. The van der Waals surface area contributed by atoms with Gasteiger partial charge in [-0.25, -0.2) is 0 Å². The number of piperidine rings is 1. The maximum atomic E-state index is 13.1. The quantitative estimate of drug-likeness (QED) is 0.564. The van der Waals surface area contributed by atoms with E-state index in [0.717, 1.165) is 76.8 Å². The number of benzene rings is 1. The van der Waals surface area contributed by atoms with Crippen molar-refractivity contribution in [2.24, 2.45) is 5.92 Å². The van der Waals surface area contributed by atoms with Gasteiger partial charge in [0.05, 0.1) is 11.7 Å². The monoisotopic (exact) mass is 429 g/mol. The maximum absolute atomic E-state index is 13.1. The molecule has 0 radical (unpaired) electrons. The van der Waals surface area contributed by atoms with Crippen LogP contribution in [0, 0.1) is 5.92 Å². The minimum atomic E-state index is -0.0924. The van der Waals surface area contributed by atoms with Gasteiger partial charge in [-0.1, -0.05) is 26.7 Å². The van der Waals surface area contributed by atoms with Crippen molar-refractivity contribution in [3.8, 4) is 0 Å². The molecule has 6 nitrogen and oxygen atoms in total. The van der Waals surface area contributed by atoms with Crippen LogP contribution in [-0.2, 0) is 9.53 Å². The van der Waals surface area contributed by atoms with Crippen LogP contribution in [0.15, 0.2) is 18.2 Å². The van der Waals surface area contributed by atoms with E-state index < -0.39 is 0 Å². The number of rotatable bonds is 10. The topological polar surface area (TPSA) is 70.7 Å². The van der Waals surface area contributed by atoms with Crippen LogP contribution < -0.4 is 15.5 Å². The van der Waals surface area contributed by atoms with Crippen LogP contribution in [0.5, 0.6) is 0 Å². The molecule has 2 aliphatic rings. The van der Waals surface area contributed by atoms with E-state index in [4.69, 9.17) is 4.74 Å². The van der Waals surface area contributed by atoms with E-state index in [2.05, 4.69) is 29.4 Å². The lowest BCUT2D eigenvalue weighted by atomic mass is 9.98. The third kappa shape index (κ3) is 6.70. The van der Waals surface area contributed by atoms with E-state index in [9.17, 15) is 9.59 Å². The van der Waals surface area contributed by atoms with Crippen molar-refractivity contribution in [3.63, 3.8) is 0 Å². The molecule has 0 saturated carbocycles. The number of anilines is 2. The minimum absolute atomic E-state index is 0.0125. The Kier molecular flexibility index (Phi) is 9.19. The van der Waals surface area contributed by atoms with Crippen LogP contribution in [0.1, 0.15) is 82.0 Å². The number of nitrogens with zero attached hydrogens (tertiary/aromatic N) is 1. The van der Waals surface area contributed by atoms with Crippen molar-refractivity contribution in [1.82, 2.24) is 5.32 Å². The SMILES string of the molecule is CCCC[C@@H](CC)C(=O)Nc1ccc(N2CCCCC2)c(C(=O)NC[C@@H]2CCCO2)c1. The fraction of sp³-hybridized carbons (Fsp3) is 0.680. The average Bonchev–Trinajstić information content (AvgIpc) is 3.32. The van der Waals surface area contributed by atoms with E-state index in [1.165, 1.54) is 6.42 Å². The fourth-order valence-corrected chi connectivity index (χ4v) is 4.53. The van der Waals surface area contributed by atoms with E-state index in [1.54, 1.807) is 0 Å². The first-order chi connectivity index (χ1) is 15.1. The predicted octanol–water partition coefficient (Wildman–Crippen LogP) is 4.74. The Morgan fingerprint density at radius 3 is 2.65 bits per heavy atom. The molecule has 2 aliphatic heterocycles. The molecule has 2 atom stereocenters. The van der Waals surface area contributed by atoms with Gasteiger partial charge in [-0.05, 0) is 63.1 Å². The smallest absolute Gasteiger partial charge is 0.253 e. The average molecular weight is 430 g/mol. The first kappa shape index (κ1) is 23.6. The van der Waals surface area contributed by atoms with Gasteiger partial charge in [-0.2, -0.15) is 0 Å². The van der Waals surface area contributed by atoms with Gasteiger partial charge < -0.3 is 20.3 Å². The standard InChI is InChI=1S/C25H39N3O3/c1-3-5-10-19(4-2)24(29)27-20-12-13-23(28-14-7-6-8-15-28)22(17-20)25(30)26-18-21-11-9-16-31-21/h12-13,17,19,21H,3-11,14-16,18H2,1-2H3,(H,26,30)(H,27,29)/t19-,21+/m1/s1. The van der Waals surface area contributed by atoms with Crippen LogP contribution >= 0.6 is 0 Å². The zero-order chi connectivity index (χ0) is 22.1. The summed E-state index contributed by atoms with van der Waals surface area (Å²) in [4.78, 5) is 28.2. The van der Waals surface area contributed by atoms with Crippen molar-refractivity contribution >= 4 is 23.2 Å². The molecule has 2 saturated heterocycles. The highest BCUT2D eigenvalue weighted by molar-refractivity contribution is 6.02. The summed E-state index contributed by atoms with van der Waals surface area (Å²) in [6.07, 6.45) is 9.54. The summed E-state index contributed by atoms with van der Waals surface area (Å²) in [6, 6.07) is 5.78. The molecule has 0 bridgehead atoms. The van der Waals surface area contributed by atoms with E-state index >= 15 is 0 Å². The molecule has 0 aliphatic carbocycles. The number of amides is 2. The fourth-order valence-electron chi connectivity index (χ4n) is 4.53. The molecule has 0 aromatic heterocycles. The van der Waals surface area contributed by atoms with Crippen LogP contribution in [0.3, 0.4) is 0 Å². The summed E-state index contributed by atoms with van der Waals surface area (Å²) in [7, 11) is 0. The molecule has 0 spiro atoms. The summed E-state index contributed by atoms with van der Waals surface area (Å²) in [5, 5.41) is 6.12. The number of carbonyl (C=O) groups excluding carboxylic acids is 2. The van der Waals surface area contributed by atoms with Crippen LogP contribution in [0.4, 0.5) is 11.4 Å². The van der Waals surface area contributed by atoms with E-state index in [-0.39, 0.29) is 23.8 Å². The number of hydrogen-bond donors (Lipinski definition) is 2. The van der Waals surface area contributed by atoms with Gasteiger partial charge in [0.25, 0.3) is 5.91 Å². The molecule has 2 N–H and O–H groups in total. The summed E-state index contributed by atoms with van der Waals surface area (Å²) >= 11 is 0. The molecular formula is C25H39N3O3. The lowest BCUT2D eigenvalue weighted by Crippen LogP contribution is -2.35. The third-order valence-corrected chi connectivity index (χ3v) is 6.49. The Labute approximate surface area is 187 Å². The molecule has 3 rings (SSSR count). The maximum Gasteiger partial charge on any atom is 0.253 e.